The average molecular weight is 271 g/mol. The van der Waals surface area contributed by atoms with Crippen LogP contribution in [0, 0.1) is 11.3 Å². The number of hydrogen-bond donors (Lipinski definition) is 3. The van der Waals surface area contributed by atoms with Crippen molar-refractivity contribution in [3.05, 3.63) is 0 Å². The number of hydrogen-bond acceptors (Lipinski definition) is 3. The molecule has 0 radical (unpaired) electrons. The highest BCUT2D eigenvalue weighted by atomic mass is 16.4. The van der Waals surface area contributed by atoms with Crippen LogP contribution in [-0.4, -0.2) is 34.7 Å². The van der Waals surface area contributed by atoms with Crippen LogP contribution in [0.4, 0.5) is 0 Å². The van der Waals surface area contributed by atoms with Gasteiger partial charge in [-0.1, -0.05) is 26.2 Å². The molecule has 1 aliphatic rings. The molecule has 5 nitrogen and oxygen atoms in total. The van der Waals surface area contributed by atoms with E-state index in [0.29, 0.717) is 12.8 Å². The van der Waals surface area contributed by atoms with E-state index in [4.69, 9.17) is 5.11 Å². The number of amides is 1. The van der Waals surface area contributed by atoms with Crippen LogP contribution in [0.2, 0.25) is 0 Å². The third-order valence-corrected chi connectivity index (χ3v) is 4.29. The molecule has 0 saturated heterocycles. The summed E-state index contributed by atoms with van der Waals surface area (Å²) < 4.78 is 0. The molecule has 0 bridgehead atoms. The molecule has 0 aromatic carbocycles. The highest BCUT2D eigenvalue weighted by molar-refractivity contribution is 5.85. The predicted molar refractivity (Wildman–Crippen MR) is 71.6 cm³/mol. The fraction of sp³-hybridized carbons (Fsp3) is 0.857. The summed E-state index contributed by atoms with van der Waals surface area (Å²) in [6.45, 7) is 3.68. The van der Waals surface area contributed by atoms with Crippen molar-refractivity contribution in [2.75, 3.05) is 6.61 Å². The minimum atomic E-state index is -0.884. The predicted octanol–water partition coefficient (Wildman–Crippen LogP) is 1.54. The Balaban J connectivity index is 2.59. The van der Waals surface area contributed by atoms with E-state index in [-0.39, 0.29) is 30.9 Å². The molecule has 110 valence electrons. The first-order valence-electron chi connectivity index (χ1n) is 7.05. The van der Waals surface area contributed by atoms with Crippen LogP contribution in [0.3, 0.4) is 0 Å². The summed E-state index contributed by atoms with van der Waals surface area (Å²) in [5, 5.41) is 21.2. The lowest BCUT2D eigenvalue weighted by molar-refractivity contribution is -0.154. The van der Waals surface area contributed by atoms with Gasteiger partial charge in [0.15, 0.2) is 0 Å². The lowest BCUT2D eigenvalue weighted by Gasteiger charge is -2.33. The number of aliphatic hydroxyl groups is 1. The molecule has 2 unspecified atom stereocenters. The highest BCUT2D eigenvalue weighted by Gasteiger charge is 2.41. The van der Waals surface area contributed by atoms with E-state index in [1.54, 1.807) is 0 Å². The molecule has 0 heterocycles. The maximum Gasteiger partial charge on any atom is 0.310 e. The Kier molecular flexibility index (Phi) is 5.79. The number of carboxylic acids is 1. The minimum Gasteiger partial charge on any atom is -0.481 e. The first kappa shape index (κ1) is 16.0. The van der Waals surface area contributed by atoms with Crippen LogP contribution < -0.4 is 5.32 Å². The van der Waals surface area contributed by atoms with Gasteiger partial charge in [0.1, 0.15) is 0 Å². The van der Waals surface area contributed by atoms with Gasteiger partial charge in [-0.05, 0) is 25.7 Å². The van der Waals surface area contributed by atoms with E-state index in [1.165, 1.54) is 0 Å². The molecule has 19 heavy (non-hydrogen) atoms. The molecule has 0 aromatic heterocycles. The van der Waals surface area contributed by atoms with Crippen LogP contribution in [0.5, 0.6) is 0 Å². The Morgan fingerprint density at radius 1 is 1.21 bits per heavy atom. The Bertz CT molecular complexity index is 323. The normalized spacial score (nSPS) is 21.4. The highest BCUT2D eigenvalue weighted by Crippen LogP contribution is 2.39. The monoisotopic (exact) mass is 271 g/mol. The molecule has 1 saturated carbocycles. The average Bonchev–Trinajstić information content (AvgIpc) is 2.38. The van der Waals surface area contributed by atoms with Gasteiger partial charge in [-0.25, -0.2) is 0 Å². The number of carbonyl (C=O) groups is 2. The minimum absolute atomic E-state index is 0.00548. The van der Waals surface area contributed by atoms with E-state index < -0.39 is 11.4 Å². The first-order chi connectivity index (χ1) is 8.91. The second-order valence-electron chi connectivity index (χ2n) is 5.84. The SMILES string of the molecule is CC(CO)C(C)NC(=O)CC1(C(=O)O)CCCCC1. The molecular formula is C14H25NO4. The maximum atomic E-state index is 12.0. The van der Waals surface area contributed by atoms with Gasteiger partial charge in [-0.3, -0.25) is 9.59 Å². The van der Waals surface area contributed by atoms with Crippen molar-refractivity contribution in [3.8, 4) is 0 Å². The van der Waals surface area contributed by atoms with E-state index in [1.807, 2.05) is 13.8 Å². The standard InChI is InChI=1S/C14H25NO4/c1-10(9-16)11(2)15-12(17)8-14(13(18)19)6-4-3-5-7-14/h10-11,16H,3-9H2,1-2H3,(H,15,17)(H,18,19). The molecule has 1 fully saturated rings. The number of rotatable bonds is 6. The topological polar surface area (TPSA) is 86.6 Å². The summed E-state index contributed by atoms with van der Waals surface area (Å²) in [6, 6.07) is -0.146. The van der Waals surface area contributed by atoms with Crippen LogP contribution in [0.15, 0.2) is 0 Å². The molecule has 0 aliphatic heterocycles. The maximum absolute atomic E-state index is 12.0. The molecule has 1 rings (SSSR count). The van der Waals surface area contributed by atoms with E-state index >= 15 is 0 Å². The number of nitrogens with one attached hydrogen (secondary N) is 1. The Morgan fingerprint density at radius 3 is 2.26 bits per heavy atom. The third kappa shape index (κ3) is 4.20. The summed E-state index contributed by atoms with van der Waals surface area (Å²) in [7, 11) is 0. The van der Waals surface area contributed by atoms with E-state index in [2.05, 4.69) is 5.32 Å². The molecular weight excluding hydrogens is 246 g/mol. The zero-order valence-corrected chi connectivity index (χ0v) is 11.8. The fourth-order valence-corrected chi connectivity index (χ4v) is 2.61. The second kappa shape index (κ2) is 6.89. The molecule has 0 spiro atoms. The zero-order valence-electron chi connectivity index (χ0n) is 11.8. The summed E-state index contributed by atoms with van der Waals surface area (Å²) >= 11 is 0. The summed E-state index contributed by atoms with van der Waals surface area (Å²) in [5.74, 6) is -1.11. The van der Waals surface area contributed by atoms with Gasteiger partial charge in [-0.2, -0.15) is 0 Å². The van der Waals surface area contributed by atoms with Gasteiger partial charge >= 0.3 is 5.97 Å². The van der Waals surface area contributed by atoms with Crippen molar-refractivity contribution in [2.24, 2.45) is 11.3 Å². The van der Waals surface area contributed by atoms with Crippen molar-refractivity contribution in [2.45, 2.75) is 58.4 Å². The van der Waals surface area contributed by atoms with Crippen molar-refractivity contribution < 1.29 is 19.8 Å². The van der Waals surface area contributed by atoms with Crippen molar-refractivity contribution in [3.63, 3.8) is 0 Å². The summed E-state index contributed by atoms with van der Waals surface area (Å²) in [5.41, 5.74) is -0.884. The summed E-state index contributed by atoms with van der Waals surface area (Å²) in [4.78, 5) is 23.5. The Morgan fingerprint density at radius 2 is 1.79 bits per heavy atom. The van der Waals surface area contributed by atoms with Gasteiger partial charge in [0.2, 0.25) is 5.91 Å². The van der Waals surface area contributed by atoms with Crippen molar-refractivity contribution in [1.29, 1.82) is 0 Å². The Hall–Kier alpha value is -1.10. The molecule has 2 atom stereocenters. The van der Waals surface area contributed by atoms with E-state index in [0.717, 1.165) is 19.3 Å². The molecule has 0 aromatic rings. The van der Waals surface area contributed by atoms with Gasteiger partial charge in [0.25, 0.3) is 0 Å². The van der Waals surface area contributed by atoms with Crippen LogP contribution in [0.25, 0.3) is 0 Å². The van der Waals surface area contributed by atoms with Crippen LogP contribution >= 0.6 is 0 Å². The van der Waals surface area contributed by atoms with E-state index in [9.17, 15) is 14.7 Å². The van der Waals surface area contributed by atoms with Crippen LogP contribution in [-0.2, 0) is 9.59 Å². The van der Waals surface area contributed by atoms with Crippen LogP contribution in [0.1, 0.15) is 52.4 Å². The second-order valence-corrected chi connectivity index (χ2v) is 5.84. The smallest absolute Gasteiger partial charge is 0.310 e. The van der Waals surface area contributed by atoms with Gasteiger partial charge < -0.3 is 15.5 Å². The van der Waals surface area contributed by atoms with Crippen molar-refractivity contribution >= 4 is 11.9 Å². The Labute approximate surface area is 114 Å². The van der Waals surface area contributed by atoms with Gasteiger partial charge in [0, 0.05) is 19.1 Å². The lowest BCUT2D eigenvalue weighted by Crippen LogP contribution is -2.43. The number of aliphatic hydroxyl groups excluding tert-OH is 1. The quantitative estimate of drug-likeness (QED) is 0.684. The molecule has 5 heteroatoms. The number of carboxylic acid groups (broad SMARTS) is 1. The summed E-state index contributed by atoms with van der Waals surface area (Å²) in [6.07, 6.45) is 4.02. The third-order valence-electron chi connectivity index (χ3n) is 4.29. The fourth-order valence-electron chi connectivity index (χ4n) is 2.61. The first-order valence-corrected chi connectivity index (χ1v) is 7.05. The molecule has 1 aliphatic carbocycles. The molecule has 3 N–H and O–H groups in total. The largest absolute Gasteiger partial charge is 0.481 e. The van der Waals surface area contributed by atoms with Gasteiger partial charge in [0.05, 0.1) is 5.41 Å². The number of aliphatic carboxylic acids is 1. The van der Waals surface area contributed by atoms with Gasteiger partial charge in [-0.15, -0.1) is 0 Å². The lowest BCUT2D eigenvalue weighted by atomic mass is 9.71. The zero-order chi connectivity index (χ0) is 14.5. The molecule has 1 amide bonds. The number of carbonyl (C=O) groups excluding carboxylic acids is 1. The van der Waals surface area contributed by atoms with Crippen molar-refractivity contribution in [1.82, 2.24) is 5.32 Å².